The zero-order chi connectivity index (χ0) is 16.1. The lowest BCUT2D eigenvalue weighted by Gasteiger charge is -2.09. The number of guanidine groups is 1. The molecule has 2 aromatic rings. The summed E-state index contributed by atoms with van der Waals surface area (Å²) >= 11 is 1.73. The molecule has 0 bridgehead atoms. The largest absolute Gasteiger partial charge is 0.370 e. The maximum Gasteiger partial charge on any atom is 0.193 e. The van der Waals surface area contributed by atoms with E-state index in [0.717, 1.165) is 22.8 Å². The number of thiazole rings is 1. The fraction of sp³-hybridized carbons (Fsp3) is 0.412. The smallest absolute Gasteiger partial charge is 0.193 e. The molecule has 1 aromatic carbocycles. The molecular formula is C17H24N4S. The first-order valence-corrected chi connectivity index (χ1v) is 8.37. The molecule has 0 radical (unpaired) electrons. The number of nitrogens with two attached hydrogens (primary N) is 1. The summed E-state index contributed by atoms with van der Waals surface area (Å²) in [6, 6.07) is 8.27. The Hall–Kier alpha value is -1.88. The average molecular weight is 316 g/mol. The molecular weight excluding hydrogens is 292 g/mol. The minimum absolute atomic E-state index is 0.450. The molecule has 118 valence electrons. The number of hydrogen-bond acceptors (Lipinski definition) is 3. The van der Waals surface area contributed by atoms with Crippen LogP contribution in [0.4, 0.5) is 5.69 Å². The quantitative estimate of drug-likeness (QED) is 0.650. The minimum Gasteiger partial charge on any atom is -0.370 e. The van der Waals surface area contributed by atoms with Crippen LogP contribution in [0.3, 0.4) is 0 Å². The highest BCUT2D eigenvalue weighted by atomic mass is 32.1. The molecule has 3 N–H and O–H groups in total. The summed E-state index contributed by atoms with van der Waals surface area (Å²) in [5.41, 5.74) is 9.33. The number of anilines is 1. The van der Waals surface area contributed by atoms with Crippen molar-refractivity contribution >= 4 is 23.0 Å². The van der Waals surface area contributed by atoms with Crippen molar-refractivity contribution in [3.05, 3.63) is 45.4 Å². The predicted molar refractivity (Wildman–Crippen MR) is 95.9 cm³/mol. The highest BCUT2D eigenvalue weighted by Crippen LogP contribution is 2.18. The van der Waals surface area contributed by atoms with Gasteiger partial charge in [-0.15, -0.1) is 11.3 Å². The summed E-state index contributed by atoms with van der Waals surface area (Å²) in [4.78, 5) is 10.2. The van der Waals surface area contributed by atoms with E-state index in [1.165, 1.54) is 10.4 Å². The average Bonchev–Trinajstić information content (AvgIpc) is 2.78. The number of rotatable bonds is 5. The third-order valence-electron chi connectivity index (χ3n) is 3.51. The number of aryl methyl sites for hydroxylation is 2. The molecule has 22 heavy (non-hydrogen) atoms. The van der Waals surface area contributed by atoms with Crippen molar-refractivity contribution in [2.75, 3.05) is 11.9 Å². The second kappa shape index (κ2) is 7.40. The first kappa shape index (κ1) is 16.5. The Bertz CT molecular complexity index is 639. The molecule has 4 nitrogen and oxygen atoms in total. The Morgan fingerprint density at radius 2 is 2.14 bits per heavy atom. The second-order valence-electron chi connectivity index (χ2n) is 5.67. The molecule has 0 aliphatic rings. The van der Waals surface area contributed by atoms with Crippen LogP contribution in [-0.2, 0) is 6.42 Å². The van der Waals surface area contributed by atoms with Gasteiger partial charge in [0.15, 0.2) is 5.96 Å². The zero-order valence-electron chi connectivity index (χ0n) is 13.7. The van der Waals surface area contributed by atoms with Gasteiger partial charge in [-0.2, -0.15) is 0 Å². The topological polar surface area (TPSA) is 63.3 Å². The second-order valence-corrected chi connectivity index (χ2v) is 6.96. The Morgan fingerprint density at radius 1 is 1.36 bits per heavy atom. The SMILES string of the molecule is Cc1nc(CCN=C(N)Nc2cccc(C(C)C)c2)sc1C. The van der Waals surface area contributed by atoms with E-state index in [2.05, 4.69) is 48.2 Å². The summed E-state index contributed by atoms with van der Waals surface area (Å²) in [7, 11) is 0. The molecule has 0 aliphatic carbocycles. The summed E-state index contributed by atoms with van der Waals surface area (Å²) in [6.07, 6.45) is 0.827. The lowest BCUT2D eigenvalue weighted by Crippen LogP contribution is -2.23. The van der Waals surface area contributed by atoms with E-state index >= 15 is 0 Å². The molecule has 0 aliphatic heterocycles. The maximum atomic E-state index is 5.95. The van der Waals surface area contributed by atoms with Gasteiger partial charge < -0.3 is 11.1 Å². The van der Waals surface area contributed by atoms with E-state index < -0.39 is 0 Å². The van der Waals surface area contributed by atoms with Crippen LogP contribution >= 0.6 is 11.3 Å². The van der Waals surface area contributed by atoms with Gasteiger partial charge in [0.2, 0.25) is 0 Å². The number of nitrogens with one attached hydrogen (secondary N) is 1. The molecule has 0 saturated heterocycles. The van der Waals surface area contributed by atoms with Gasteiger partial charge in [0.05, 0.1) is 10.7 Å². The number of aliphatic imine (C=N–C) groups is 1. The third-order valence-corrected chi connectivity index (χ3v) is 4.64. The van der Waals surface area contributed by atoms with Gasteiger partial charge in [-0.05, 0) is 37.5 Å². The lowest BCUT2D eigenvalue weighted by molar-refractivity contribution is 0.867. The molecule has 2 rings (SSSR count). The fourth-order valence-corrected chi connectivity index (χ4v) is 3.00. The van der Waals surface area contributed by atoms with Gasteiger partial charge in [-0.1, -0.05) is 26.0 Å². The molecule has 1 heterocycles. The first-order valence-electron chi connectivity index (χ1n) is 7.55. The van der Waals surface area contributed by atoms with Crippen LogP contribution in [0, 0.1) is 13.8 Å². The Kier molecular flexibility index (Phi) is 5.55. The lowest BCUT2D eigenvalue weighted by atomic mass is 10.0. The first-order chi connectivity index (χ1) is 10.5. The van der Waals surface area contributed by atoms with Crippen LogP contribution in [0.5, 0.6) is 0 Å². The molecule has 0 fully saturated rings. The van der Waals surface area contributed by atoms with Gasteiger partial charge in [0.25, 0.3) is 0 Å². The molecule has 5 heteroatoms. The van der Waals surface area contributed by atoms with E-state index in [-0.39, 0.29) is 0 Å². The molecule has 0 spiro atoms. The highest BCUT2D eigenvalue weighted by molar-refractivity contribution is 7.11. The van der Waals surface area contributed by atoms with Crippen LogP contribution in [0.2, 0.25) is 0 Å². The van der Waals surface area contributed by atoms with Crippen molar-refractivity contribution in [2.45, 2.75) is 40.0 Å². The van der Waals surface area contributed by atoms with Gasteiger partial charge in [-0.3, -0.25) is 4.99 Å². The van der Waals surface area contributed by atoms with Gasteiger partial charge in [0.1, 0.15) is 0 Å². The van der Waals surface area contributed by atoms with E-state index in [0.29, 0.717) is 18.4 Å². The normalized spacial score (nSPS) is 12.0. The van der Waals surface area contributed by atoms with Crippen molar-refractivity contribution < 1.29 is 0 Å². The van der Waals surface area contributed by atoms with Crippen LogP contribution in [-0.4, -0.2) is 17.5 Å². The Balaban J connectivity index is 1.91. The third kappa shape index (κ3) is 4.56. The molecule has 0 unspecified atom stereocenters. The van der Waals surface area contributed by atoms with Gasteiger partial charge in [0, 0.05) is 23.5 Å². The van der Waals surface area contributed by atoms with Crippen molar-refractivity contribution in [1.82, 2.24) is 4.98 Å². The predicted octanol–water partition coefficient (Wildman–Crippen LogP) is 3.85. The molecule has 0 atom stereocenters. The standard InChI is InChI=1S/C17H24N4S/c1-11(2)14-6-5-7-15(10-14)21-17(18)19-9-8-16-20-12(3)13(4)22-16/h5-7,10-11H,8-9H2,1-4H3,(H3,18,19,21). The van der Waals surface area contributed by atoms with Crippen LogP contribution in [0.15, 0.2) is 29.3 Å². The molecule has 0 amide bonds. The summed E-state index contributed by atoms with van der Waals surface area (Å²) in [5.74, 6) is 0.946. The fourth-order valence-electron chi connectivity index (χ4n) is 2.08. The Morgan fingerprint density at radius 3 is 2.77 bits per heavy atom. The molecule has 1 aromatic heterocycles. The van der Waals surface area contributed by atoms with E-state index in [1.54, 1.807) is 11.3 Å². The Labute approximate surface area is 136 Å². The minimum atomic E-state index is 0.450. The zero-order valence-corrected chi connectivity index (χ0v) is 14.5. The van der Waals surface area contributed by atoms with E-state index in [1.807, 2.05) is 19.1 Å². The number of aromatic nitrogens is 1. The van der Waals surface area contributed by atoms with Crippen LogP contribution in [0.25, 0.3) is 0 Å². The van der Waals surface area contributed by atoms with Crippen LogP contribution < -0.4 is 11.1 Å². The van der Waals surface area contributed by atoms with Crippen molar-refractivity contribution in [2.24, 2.45) is 10.7 Å². The maximum absolute atomic E-state index is 5.95. The van der Waals surface area contributed by atoms with Crippen molar-refractivity contribution in [3.8, 4) is 0 Å². The van der Waals surface area contributed by atoms with Gasteiger partial charge in [-0.25, -0.2) is 4.98 Å². The summed E-state index contributed by atoms with van der Waals surface area (Å²) in [5, 5.41) is 4.27. The number of nitrogens with zero attached hydrogens (tertiary/aromatic N) is 2. The summed E-state index contributed by atoms with van der Waals surface area (Å²) < 4.78 is 0. The van der Waals surface area contributed by atoms with E-state index in [4.69, 9.17) is 5.73 Å². The van der Waals surface area contributed by atoms with Crippen molar-refractivity contribution in [3.63, 3.8) is 0 Å². The monoisotopic (exact) mass is 316 g/mol. The molecule has 0 saturated carbocycles. The van der Waals surface area contributed by atoms with Crippen molar-refractivity contribution in [1.29, 1.82) is 0 Å². The highest BCUT2D eigenvalue weighted by Gasteiger charge is 2.04. The van der Waals surface area contributed by atoms with Gasteiger partial charge >= 0.3 is 0 Å². The van der Waals surface area contributed by atoms with Crippen LogP contribution in [0.1, 0.15) is 40.9 Å². The van der Waals surface area contributed by atoms with E-state index in [9.17, 15) is 0 Å². The number of hydrogen-bond donors (Lipinski definition) is 2. The summed E-state index contributed by atoms with van der Waals surface area (Å²) in [6.45, 7) is 9.13. The number of benzene rings is 1.